The van der Waals surface area contributed by atoms with Crippen LogP contribution in [0, 0.1) is 5.92 Å². The number of carbonyl (C=O) groups excluding carboxylic acids is 1. The highest BCUT2D eigenvalue weighted by Gasteiger charge is 2.46. The minimum atomic E-state index is -4.86. The van der Waals surface area contributed by atoms with Crippen molar-refractivity contribution in [2.75, 3.05) is 0 Å². The van der Waals surface area contributed by atoms with Crippen LogP contribution in [0.5, 0.6) is 0 Å². The van der Waals surface area contributed by atoms with Crippen molar-refractivity contribution in [3.05, 3.63) is 30.3 Å². The van der Waals surface area contributed by atoms with E-state index in [4.69, 9.17) is 4.74 Å². The molecule has 0 fully saturated rings. The van der Waals surface area contributed by atoms with Gasteiger partial charge in [-0.3, -0.25) is 4.79 Å². The Hall–Kier alpha value is -1.21. The van der Waals surface area contributed by atoms with Crippen molar-refractivity contribution in [3.8, 4) is 0 Å². The zero-order valence-corrected chi connectivity index (χ0v) is 11.7. The summed E-state index contributed by atoms with van der Waals surface area (Å²) >= 11 is 0.656. The van der Waals surface area contributed by atoms with Gasteiger partial charge in [0.05, 0.1) is 5.92 Å². The van der Waals surface area contributed by atoms with Gasteiger partial charge in [-0.15, -0.1) is 0 Å². The number of rotatable bonds is 5. The number of aliphatic hydroxyl groups excluding tert-OH is 1. The van der Waals surface area contributed by atoms with Gasteiger partial charge in [0.1, 0.15) is 0 Å². The molecule has 3 nitrogen and oxygen atoms in total. The van der Waals surface area contributed by atoms with Crippen LogP contribution >= 0.6 is 11.8 Å². The van der Waals surface area contributed by atoms with Crippen molar-refractivity contribution in [1.29, 1.82) is 0 Å². The van der Waals surface area contributed by atoms with E-state index in [1.807, 2.05) is 0 Å². The van der Waals surface area contributed by atoms with Crippen LogP contribution in [0.25, 0.3) is 0 Å². The number of hydrogen-bond acceptors (Lipinski definition) is 4. The Balaban J connectivity index is 2.87. The number of carbonyl (C=O) groups is 1. The topological polar surface area (TPSA) is 46.5 Å². The van der Waals surface area contributed by atoms with E-state index >= 15 is 0 Å². The van der Waals surface area contributed by atoms with E-state index in [1.54, 1.807) is 30.3 Å². The monoisotopic (exact) mass is 308 g/mol. The summed E-state index contributed by atoms with van der Waals surface area (Å²) in [6.07, 6.45) is -7.60. The molecule has 0 aliphatic rings. The van der Waals surface area contributed by atoms with Crippen LogP contribution in [0.1, 0.15) is 13.8 Å². The fourth-order valence-electron chi connectivity index (χ4n) is 1.19. The molecule has 1 N–H and O–H groups in total. The van der Waals surface area contributed by atoms with Crippen molar-refractivity contribution in [1.82, 2.24) is 0 Å². The Morgan fingerprint density at radius 3 is 2.25 bits per heavy atom. The van der Waals surface area contributed by atoms with Gasteiger partial charge in [-0.05, 0) is 12.1 Å². The van der Waals surface area contributed by atoms with E-state index in [-0.39, 0.29) is 0 Å². The predicted octanol–water partition coefficient (Wildman–Crippen LogP) is 3.23. The first-order valence-electron chi connectivity index (χ1n) is 5.88. The Morgan fingerprint density at radius 2 is 1.80 bits per heavy atom. The van der Waals surface area contributed by atoms with E-state index in [0.717, 1.165) is 0 Å². The average Bonchev–Trinajstić information content (AvgIpc) is 2.37. The first-order valence-corrected chi connectivity index (χ1v) is 6.76. The van der Waals surface area contributed by atoms with Gasteiger partial charge in [-0.2, -0.15) is 13.2 Å². The van der Waals surface area contributed by atoms with Gasteiger partial charge in [-0.25, -0.2) is 0 Å². The van der Waals surface area contributed by atoms with Crippen molar-refractivity contribution in [2.45, 2.75) is 36.5 Å². The number of benzene rings is 1. The summed E-state index contributed by atoms with van der Waals surface area (Å²) in [5.74, 6) is -1.36. The Labute approximate surface area is 119 Å². The van der Waals surface area contributed by atoms with Crippen molar-refractivity contribution >= 4 is 17.7 Å². The summed E-state index contributed by atoms with van der Waals surface area (Å²) in [5, 5.41) is 9.31. The molecule has 2 unspecified atom stereocenters. The Bertz CT molecular complexity index is 434. The van der Waals surface area contributed by atoms with Crippen LogP contribution < -0.4 is 0 Å². The van der Waals surface area contributed by atoms with Gasteiger partial charge < -0.3 is 9.84 Å². The second kappa shape index (κ2) is 6.99. The summed E-state index contributed by atoms with van der Waals surface area (Å²) < 4.78 is 42.6. The number of thioether (sulfide) groups is 1. The summed E-state index contributed by atoms with van der Waals surface area (Å²) in [4.78, 5) is 11.9. The zero-order chi connectivity index (χ0) is 15.3. The van der Waals surface area contributed by atoms with Gasteiger partial charge in [0, 0.05) is 4.90 Å². The molecule has 112 valence electrons. The molecule has 0 saturated carbocycles. The van der Waals surface area contributed by atoms with E-state index in [0.29, 0.717) is 16.7 Å². The molecule has 2 atom stereocenters. The highest BCUT2D eigenvalue weighted by molar-refractivity contribution is 7.99. The van der Waals surface area contributed by atoms with Gasteiger partial charge >= 0.3 is 12.1 Å². The SMILES string of the molecule is CC(C)C(=O)OC(Sc1ccccc1)C(O)C(F)(F)F. The molecule has 7 heteroatoms. The highest BCUT2D eigenvalue weighted by atomic mass is 32.2. The van der Waals surface area contributed by atoms with Crippen LogP contribution in [0.4, 0.5) is 13.2 Å². The van der Waals surface area contributed by atoms with Crippen LogP contribution in [-0.4, -0.2) is 28.8 Å². The van der Waals surface area contributed by atoms with Gasteiger partial charge in [-0.1, -0.05) is 43.8 Å². The summed E-state index contributed by atoms with van der Waals surface area (Å²) in [6, 6.07) is 8.14. The number of hydrogen-bond donors (Lipinski definition) is 1. The van der Waals surface area contributed by atoms with Crippen LogP contribution in [0.2, 0.25) is 0 Å². The highest BCUT2D eigenvalue weighted by Crippen LogP contribution is 2.33. The lowest BCUT2D eigenvalue weighted by atomic mass is 10.2. The second-order valence-corrected chi connectivity index (χ2v) is 5.55. The van der Waals surface area contributed by atoms with Crippen LogP contribution in [0.15, 0.2) is 35.2 Å². The molecule has 0 saturated heterocycles. The molecule has 0 amide bonds. The van der Waals surface area contributed by atoms with E-state index < -0.39 is 29.6 Å². The first kappa shape index (κ1) is 16.8. The smallest absolute Gasteiger partial charge is 0.418 e. The largest absolute Gasteiger partial charge is 0.448 e. The lowest BCUT2D eigenvalue weighted by Crippen LogP contribution is -2.41. The number of halogens is 3. The molecule has 1 aromatic rings. The Kier molecular flexibility index (Phi) is 5.88. The molecular weight excluding hydrogens is 293 g/mol. The summed E-state index contributed by atoms with van der Waals surface area (Å²) in [5.41, 5.74) is -1.73. The zero-order valence-electron chi connectivity index (χ0n) is 10.9. The Morgan fingerprint density at radius 1 is 1.25 bits per heavy atom. The molecular formula is C13H15F3O3S. The number of esters is 1. The van der Waals surface area contributed by atoms with Crippen LogP contribution in [0.3, 0.4) is 0 Å². The average molecular weight is 308 g/mol. The van der Waals surface area contributed by atoms with Crippen molar-refractivity contribution in [3.63, 3.8) is 0 Å². The molecule has 1 aromatic carbocycles. The lowest BCUT2D eigenvalue weighted by molar-refractivity contribution is -0.223. The molecule has 0 aromatic heterocycles. The second-order valence-electron chi connectivity index (χ2n) is 4.38. The third kappa shape index (κ3) is 5.05. The van der Waals surface area contributed by atoms with Crippen molar-refractivity contribution < 1.29 is 27.8 Å². The molecule has 20 heavy (non-hydrogen) atoms. The van der Waals surface area contributed by atoms with Gasteiger partial charge in [0.2, 0.25) is 0 Å². The fourth-order valence-corrected chi connectivity index (χ4v) is 2.20. The minimum Gasteiger partial charge on any atom is -0.448 e. The van der Waals surface area contributed by atoms with E-state index in [9.17, 15) is 23.1 Å². The third-order valence-corrected chi connectivity index (χ3v) is 3.42. The van der Waals surface area contributed by atoms with E-state index in [1.165, 1.54) is 13.8 Å². The molecule has 0 heterocycles. The number of aliphatic hydroxyl groups is 1. The lowest BCUT2D eigenvalue weighted by Gasteiger charge is -2.25. The first-order chi connectivity index (χ1) is 9.21. The fraction of sp³-hybridized carbons (Fsp3) is 0.462. The number of ether oxygens (including phenoxy) is 1. The van der Waals surface area contributed by atoms with Crippen molar-refractivity contribution in [2.24, 2.45) is 5.92 Å². The third-order valence-electron chi connectivity index (χ3n) is 2.29. The maximum absolute atomic E-state index is 12.6. The van der Waals surface area contributed by atoms with Crippen LogP contribution in [-0.2, 0) is 9.53 Å². The molecule has 1 rings (SSSR count). The van der Waals surface area contributed by atoms with Gasteiger partial charge in [0.25, 0.3) is 0 Å². The molecule has 0 bridgehead atoms. The standard InChI is InChI=1S/C13H15F3O3S/c1-8(2)11(18)19-12(10(17)13(14,15)16)20-9-6-4-3-5-7-9/h3-8,10,12,17H,1-2H3. The maximum atomic E-state index is 12.6. The molecule has 0 aliphatic carbocycles. The minimum absolute atomic E-state index is 0.470. The quantitative estimate of drug-likeness (QED) is 0.515. The summed E-state index contributed by atoms with van der Waals surface area (Å²) in [6.45, 7) is 3.01. The molecule has 0 aliphatic heterocycles. The van der Waals surface area contributed by atoms with Gasteiger partial charge in [0.15, 0.2) is 11.5 Å². The molecule has 0 radical (unpaired) electrons. The maximum Gasteiger partial charge on any atom is 0.418 e. The normalized spacial score (nSPS) is 14.9. The number of alkyl halides is 3. The summed E-state index contributed by atoms with van der Waals surface area (Å²) in [7, 11) is 0. The molecule has 0 spiro atoms. The predicted molar refractivity (Wildman–Crippen MR) is 69.1 cm³/mol. The van der Waals surface area contributed by atoms with E-state index in [2.05, 4.69) is 0 Å².